The Balaban J connectivity index is 1.90. The van der Waals surface area contributed by atoms with Crippen molar-refractivity contribution in [1.82, 2.24) is 10.2 Å². The molecule has 0 aliphatic rings. The maximum atomic E-state index is 13.6. The number of halogens is 1. The number of thioether (sulfide) groups is 1. The van der Waals surface area contributed by atoms with E-state index in [4.69, 9.17) is 0 Å². The molecule has 0 saturated heterocycles. The van der Waals surface area contributed by atoms with Gasteiger partial charge < -0.3 is 10.2 Å². The molecule has 3 aromatic carbocycles. The highest BCUT2D eigenvalue weighted by Gasteiger charge is 2.30. The lowest BCUT2D eigenvalue weighted by Crippen LogP contribution is -2.52. The summed E-state index contributed by atoms with van der Waals surface area (Å²) in [7, 11) is 0. The molecule has 34 heavy (non-hydrogen) atoms. The van der Waals surface area contributed by atoms with Gasteiger partial charge in [-0.2, -0.15) is 0 Å². The number of carbonyl (C=O) groups excluding carboxylic acids is 2. The fraction of sp³-hybridized carbons (Fsp3) is 0.286. The van der Waals surface area contributed by atoms with E-state index in [1.807, 2.05) is 98.8 Å². The molecule has 0 unspecified atom stereocenters. The van der Waals surface area contributed by atoms with E-state index in [1.54, 1.807) is 4.90 Å². The van der Waals surface area contributed by atoms with Crippen molar-refractivity contribution in [1.29, 1.82) is 0 Å². The van der Waals surface area contributed by atoms with Gasteiger partial charge in [0.1, 0.15) is 6.04 Å². The number of hydrogen-bond donors (Lipinski definition) is 1. The van der Waals surface area contributed by atoms with E-state index in [-0.39, 0.29) is 23.6 Å². The Kier molecular flexibility index (Phi) is 10.2. The molecule has 0 spiro atoms. The van der Waals surface area contributed by atoms with E-state index in [0.29, 0.717) is 13.0 Å². The molecule has 0 aliphatic carbocycles. The molecule has 0 heterocycles. The zero-order chi connectivity index (χ0) is 24.3. The van der Waals surface area contributed by atoms with Crippen LogP contribution in [0.3, 0.4) is 0 Å². The van der Waals surface area contributed by atoms with Gasteiger partial charge in [0.15, 0.2) is 0 Å². The summed E-state index contributed by atoms with van der Waals surface area (Å²) in [6.07, 6.45) is 1.29. The van der Waals surface area contributed by atoms with Gasteiger partial charge in [0.2, 0.25) is 11.8 Å². The lowest BCUT2D eigenvalue weighted by atomic mass is 10.0. The summed E-state index contributed by atoms with van der Waals surface area (Å²) >= 11 is 4.97. The van der Waals surface area contributed by atoms with Gasteiger partial charge in [-0.25, -0.2) is 0 Å². The average Bonchev–Trinajstić information content (AvgIpc) is 2.87. The molecule has 2 amide bonds. The van der Waals surface area contributed by atoms with Gasteiger partial charge in [0.25, 0.3) is 0 Å². The van der Waals surface area contributed by atoms with Crippen LogP contribution in [0.1, 0.15) is 31.4 Å². The Labute approximate surface area is 215 Å². The fourth-order valence-electron chi connectivity index (χ4n) is 3.53. The molecule has 0 radical (unpaired) electrons. The van der Waals surface area contributed by atoms with Crippen LogP contribution < -0.4 is 5.32 Å². The van der Waals surface area contributed by atoms with Crippen molar-refractivity contribution >= 4 is 39.5 Å². The molecular formula is C28H31BrN2O2S. The van der Waals surface area contributed by atoms with Crippen LogP contribution in [0.25, 0.3) is 0 Å². The summed E-state index contributed by atoms with van der Waals surface area (Å²) in [5.74, 6) is 0.0907. The van der Waals surface area contributed by atoms with Crippen LogP contribution >= 0.6 is 27.7 Å². The smallest absolute Gasteiger partial charge is 0.243 e. The molecule has 3 rings (SSSR count). The minimum atomic E-state index is -0.607. The van der Waals surface area contributed by atoms with Crippen molar-refractivity contribution in [2.24, 2.45) is 0 Å². The first-order valence-electron chi connectivity index (χ1n) is 11.5. The number of hydrogen-bond acceptors (Lipinski definition) is 3. The third-order valence-corrected chi connectivity index (χ3v) is 7.17. The first kappa shape index (κ1) is 26.0. The van der Waals surface area contributed by atoms with Crippen molar-refractivity contribution in [2.75, 3.05) is 5.75 Å². The summed E-state index contributed by atoms with van der Waals surface area (Å²) < 4.78 is 0.976. The van der Waals surface area contributed by atoms with Crippen molar-refractivity contribution in [2.45, 2.75) is 50.2 Å². The third-order valence-electron chi connectivity index (χ3n) is 5.64. The molecule has 3 aromatic rings. The molecule has 2 atom stereocenters. The topological polar surface area (TPSA) is 49.4 Å². The molecule has 0 aliphatic heterocycles. The van der Waals surface area contributed by atoms with E-state index in [9.17, 15) is 9.59 Å². The Hall–Kier alpha value is -2.57. The van der Waals surface area contributed by atoms with E-state index in [0.717, 1.165) is 26.9 Å². The molecule has 0 aromatic heterocycles. The number of benzene rings is 3. The lowest BCUT2D eigenvalue weighted by Gasteiger charge is -2.32. The molecular weight excluding hydrogens is 508 g/mol. The van der Waals surface area contributed by atoms with Gasteiger partial charge in [-0.05, 0) is 48.7 Å². The Bertz CT molecular complexity index is 1050. The zero-order valence-corrected chi connectivity index (χ0v) is 22.0. The maximum absolute atomic E-state index is 13.6. The highest BCUT2D eigenvalue weighted by atomic mass is 79.9. The first-order chi connectivity index (χ1) is 16.5. The molecule has 178 valence electrons. The summed E-state index contributed by atoms with van der Waals surface area (Å²) in [5.41, 5.74) is 2.01. The predicted molar refractivity (Wildman–Crippen MR) is 144 cm³/mol. The minimum absolute atomic E-state index is 0.0362. The monoisotopic (exact) mass is 538 g/mol. The average molecular weight is 540 g/mol. The molecule has 1 N–H and O–H groups in total. The van der Waals surface area contributed by atoms with Gasteiger partial charge in [-0.1, -0.05) is 83.5 Å². The SMILES string of the molecule is CC[C@@H](C)NC(=O)[C@H](Cc1ccccc1)N(Cc1ccc(Br)cc1)C(=O)CSc1ccccc1. The Morgan fingerprint density at radius 2 is 1.53 bits per heavy atom. The molecule has 0 bridgehead atoms. The Morgan fingerprint density at radius 3 is 2.15 bits per heavy atom. The van der Waals surface area contributed by atoms with Gasteiger partial charge in [0, 0.05) is 28.4 Å². The van der Waals surface area contributed by atoms with Crippen LogP contribution in [-0.4, -0.2) is 34.6 Å². The molecule has 0 saturated carbocycles. The number of rotatable bonds is 11. The highest BCUT2D eigenvalue weighted by molar-refractivity contribution is 9.10. The summed E-state index contributed by atoms with van der Waals surface area (Å²) in [4.78, 5) is 29.8. The van der Waals surface area contributed by atoms with Gasteiger partial charge in [0.05, 0.1) is 5.75 Å². The maximum Gasteiger partial charge on any atom is 0.243 e. The number of nitrogens with one attached hydrogen (secondary N) is 1. The van der Waals surface area contributed by atoms with Crippen molar-refractivity contribution in [3.8, 4) is 0 Å². The Morgan fingerprint density at radius 1 is 0.912 bits per heavy atom. The largest absolute Gasteiger partial charge is 0.352 e. The fourth-order valence-corrected chi connectivity index (χ4v) is 4.60. The van der Waals surface area contributed by atoms with E-state index in [1.165, 1.54) is 11.8 Å². The van der Waals surface area contributed by atoms with E-state index < -0.39 is 6.04 Å². The molecule has 4 nitrogen and oxygen atoms in total. The second-order valence-corrected chi connectivity index (χ2v) is 10.2. The number of amides is 2. The first-order valence-corrected chi connectivity index (χ1v) is 13.3. The van der Waals surface area contributed by atoms with E-state index >= 15 is 0 Å². The van der Waals surface area contributed by atoms with E-state index in [2.05, 4.69) is 21.2 Å². The predicted octanol–water partition coefficient (Wildman–Crippen LogP) is 6.10. The molecule has 0 fully saturated rings. The number of carbonyl (C=O) groups is 2. The standard InChI is InChI=1S/C28H31BrN2O2S/c1-3-21(2)30-28(33)26(18-22-10-6-4-7-11-22)31(19-23-14-16-24(29)17-15-23)27(32)20-34-25-12-8-5-9-13-25/h4-17,21,26H,3,18-20H2,1-2H3,(H,30,33)/t21-,26+/m1/s1. The second-order valence-electron chi connectivity index (χ2n) is 8.27. The van der Waals surface area contributed by atoms with Crippen molar-refractivity contribution in [3.63, 3.8) is 0 Å². The summed E-state index contributed by atoms with van der Waals surface area (Å²) in [6.45, 7) is 4.40. The lowest BCUT2D eigenvalue weighted by molar-refractivity contribution is -0.139. The van der Waals surface area contributed by atoms with Gasteiger partial charge >= 0.3 is 0 Å². The summed E-state index contributed by atoms with van der Waals surface area (Å²) in [6, 6.07) is 27.1. The van der Waals surface area contributed by atoms with Crippen LogP contribution in [0.5, 0.6) is 0 Å². The normalized spacial score (nSPS) is 12.6. The quantitative estimate of drug-likeness (QED) is 0.300. The van der Waals surface area contributed by atoms with Crippen molar-refractivity contribution in [3.05, 3.63) is 101 Å². The minimum Gasteiger partial charge on any atom is -0.352 e. The van der Waals surface area contributed by atoms with Crippen LogP contribution in [0, 0.1) is 0 Å². The highest BCUT2D eigenvalue weighted by Crippen LogP contribution is 2.21. The van der Waals surface area contributed by atoms with Crippen LogP contribution in [0.15, 0.2) is 94.3 Å². The van der Waals surface area contributed by atoms with Crippen molar-refractivity contribution < 1.29 is 9.59 Å². The summed E-state index contributed by atoms with van der Waals surface area (Å²) in [5, 5.41) is 3.11. The second kappa shape index (κ2) is 13.4. The van der Waals surface area contributed by atoms with Gasteiger partial charge in [-0.3, -0.25) is 9.59 Å². The van der Waals surface area contributed by atoms with Crippen LogP contribution in [-0.2, 0) is 22.6 Å². The number of nitrogens with zero attached hydrogens (tertiary/aromatic N) is 1. The zero-order valence-electron chi connectivity index (χ0n) is 19.6. The third kappa shape index (κ3) is 8.03. The van der Waals surface area contributed by atoms with Gasteiger partial charge in [-0.15, -0.1) is 11.8 Å². The molecule has 6 heteroatoms. The van der Waals surface area contributed by atoms with Crippen LogP contribution in [0.2, 0.25) is 0 Å². The van der Waals surface area contributed by atoms with Crippen LogP contribution in [0.4, 0.5) is 0 Å².